The van der Waals surface area contributed by atoms with E-state index < -0.39 is 5.97 Å². The third-order valence-electron chi connectivity index (χ3n) is 4.18. The van der Waals surface area contributed by atoms with E-state index in [1.54, 1.807) is 18.2 Å². The number of hydrogen-bond acceptors (Lipinski definition) is 6. The van der Waals surface area contributed by atoms with Crippen LogP contribution < -0.4 is 14.8 Å². The molecule has 0 radical (unpaired) electrons. The first kappa shape index (κ1) is 19.3. The molecule has 3 aromatic rings. The quantitative estimate of drug-likeness (QED) is 0.360. The van der Waals surface area contributed by atoms with Crippen molar-refractivity contribution in [2.24, 2.45) is 0 Å². The highest BCUT2D eigenvalue weighted by molar-refractivity contribution is 7.21. The van der Waals surface area contributed by atoms with E-state index in [0.29, 0.717) is 21.4 Å². The monoisotopic (exact) mass is 429 g/mol. The van der Waals surface area contributed by atoms with Gasteiger partial charge in [0.25, 0.3) is 5.91 Å². The van der Waals surface area contributed by atoms with Gasteiger partial charge in [-0.1, -0.05) is 35.9 Å². The molecule has 0 spiro atoms. The summed E-state index contributed by atoms with van der Waals surface area (Å²) >= 11 is 7.62. The molecule has 1 amide bonds. The van der Waals surface area contributed by atoms with E-state index in [9.17, 15) is 9.59 Å². The van der Waals surface area contributed by atoms with Crippen LogP contribution in [-0.4, -0.2) is 31.8 Å². The molecule has 1 N–H and O–H groups in total. The molecular weight excluding hydrogens is 414 g/mol. The van der Waals surface area contributed by atoms with Crippen molar-refractivity contribution < 1.29 is 23.8 Å². The van der Waals surface area contributed by atoms with Crippen LogP contribution in [0.15, 0.2) is 48.5 Å². The molecule has 8 heteroatoms. The Balaban J connectivity index is 1.25. The van der Waals surface area contributed by atoms with Gasteiger partial charge < -0.3 is 19.5 Å². The summed E-state index contributed by atoms with van der Waals surface area (Å²) in [6.07, 6.45) is 2.95. The molecular formula is C21H16ClNO5S. The molecule has 6 nitrogen and oxygen atoms in total. The normalized spacial score (nSPS) is 12.4. The number of amides is 1. The minimum atomic E-state index is -0.503. The van der Waals surface area contributed by atoms with Crippen LogP contribution in [0.1, 0.15) is 15.2 Å². The lowest BCUT2D eigenvalue weighted by Crippen LogP contribution is -2.27. The number of carbonyl (C=O) groups is 2. The Morgan fingerprint density at radius 3 is 2.86 bits per heavy atom. The van der Waals surface area contributed by atoms with Crippen LogP contribution in [0.4, 0.5) is 0 Å². The van der Waals surface area contributed by atoms with Gasteiger partial charge in [-0.25, -0.2) is 4.79 Å². The Bertz CT molecular complexity index is 1110. The van der Waals surface area contributed by atoms with Crippen molar-refractivity contribution in [2.75, 3.05) is 19.9 Å². The van der Waals surface area contributed by atoms with Gasteiger partial charge in [-0.2, -0.15) is 0 Å². The van der Waals surface area contributed by atoms with Crippen LogP contribution >= 0.6 is 22.9 Å². The maximum atomic E-state index is 12.3. The van der Waals surface area contributed by atoms with Crippen molar-refractivity contribution in [3.63, 3.8) is 0 Å². The van der Waals surface area contributed by atoms with Gasteiger partial charge in [0, 0.05) is 16.2 Å². The van der Waals surface area contributed by atoms with Crippen molar-refractivity contribution >= 4 is 51.0 Å². The number of nitrogens with one attached hydrogen (secondary N) is 1. The fourth-order valence-corrected chi connectivity index (χ4v) is 4.22. The lowest BCUT2D eigenvalue weighted by molar-refractivity contribution is -0.137. The van der Waals surface area contributed by atoms with Gasteiger partial charge in [0.2, 0.25) is 6.79 Å². The van der Waals surface area contributed by atoms with Crippen molar-refractivity contribution in [1.82, 2.24) is 5.32 Å². The van der Waals surface area contributed by atoms with Crippen molar-refractivity contribution in [1.29, 1.82) is 0 Å². The molecule has 29 heavy (non-hydrogen) atoms. The van der Waals surface area contributed by atoms with Gasteiger partial charge in [-0.05, 0) is 29.8 Å². The zero-order valence-corrected chi connectivity index (χ0v) is 16.7. The average molecular weight is 430 g/mol. The Morgan fingerprint density at radius 1 is 1.17 bits per heavy atom. The lowest BCUT2D eigenvalue weighted by Gasteiger charge is -2.04. The summed E-state index contributed by atoms with van der Waals surface area (Å²) in [5.74, 6) is 0.530. The summed E-state index contributed by atoms with van der Waals surface area (Å²) in [7, 11) is 0. The van der Waals surface area contributed by atoms with E-state index in [0.717, 1.165) is 15.6 Å². The van der Waals surface area contributed by atoms with Gasteiger partial charge in [-0.3, -0.25) is 4.79 Å². The molecule has 2 heterocycles. The summed E-state index contributed by atoms with van der Waals surface area (Å²) in [6.45, 7) is 0.439. The lowest BCUT2D eigenvalue weighted by atomic mass is 10.2. The molecule has 4 rings (SSSR count). The number of thiophene rings is 1. The summed E-state index contributed by atoms with van der Waals surface area (Å²) in [4.78, 5) is 24.6. The number of halogens is 1. The Kier molecular flexibility index (Phi) is 5.69. The molecule has 0 fully saturated rings. The van der Waals surface area contributed by atoms with E-state index in [2.05, 4.69) is 5.32 Å². The summed E-state index contributed by atoms with van der Waals surface area (Å²) < 4.78 is 16.6. The van der Waals surface area contributed by atoms with Crippen LogP contribution in [0.3, 0.4) is 0 Å². The molecule has 0 bridgehead atoms. The second-order valence-corrected chi connectivity index (χ2v) is 7.54. The zero-order chi connectivity index (χ0) is 20.2. The number of fused-ring (bicyclic) bond motifs is 2. The molecule has 2 aromatic carbocycles. The van der Waals surface area contributed by atoms with E-state index in [4.69, 9.17) is 25.8 Å². The number of carbonyl (C=O) groups excluding carboxylic acids is 2. The predicted octanol–water partition coefficient (Wildman–Crippen LogP) is 4.27. The predicted molar refractivity (Wildman–Crippen MR) is 112 cm³/mol. The number of ether oxygens (including phenoxy) is 3. The molecule has 1 aliphatic heterocycles. The second-order valence-electron chi connectivity index (χ2n) is 6.11. The van der Waals surface area contributed by atoms with Crippen LogP contribution in [0.5, 0.6) is 11.5 Å². The first-order valence-corrected chi connectivity index (χ1v) is 10.0. The maximum Gasteiger partial charge on any atom is 0.330 e. The zero-order valence-electron chi connectivity index (χ0n) is 15.1. The molecule has 0 saturated heterocycles. The van der Waals surface area contributed by atoms with Crippen molar-refractivity contribution in [3.05, 3.63) is 64.0 Å². The second kappa shape index (κ2) is 8.55. The van der Waals surface area contributed by atoms with Gasteiger partial charge in [0.05, 0.1) is 11.6 Å². The number of benzene rings is 2. The van der Waals surface area contributed by atoms with Gasteiger partial charge in [0.1, 0.15) is 11.5 Å². The Labute approximate surface area is 175 Å². The Morgan fingerprint density at radius 2 is 2.00 bits per heavy atom. The minimum Gasteiger partial charge on any atom is -0.461 e. The molecule has 0 aliphatic carbocycles. The largest absolute Gasteiger partial charge is 0.461 e. The van der Waals surface area contributed by atoms with Crippen LogP contribution in [0.25, 0.3) is 16.2 Å². The highest BCUT2D eigenvalue weighted by Gasteiger charge is 2.16. The first-order chi connectivity index (χ1) is 14.1. The first-order valence-electron chi connectivity index (χ1n) is 8.81. The van der Waals surface area contributed by atoms with E-state index in [1.807, 2.05) is 30.3 Å². The van der Waals surface area contributed by atoms with Gasteiger partial charge in [0.15, 0.2) is 11.5 Å². The highest BCUT2D eigenvalue weighted by atomic mass is 35.5. The summed E-state index contributed by atoms with van der Waals surface area (Å²) in [5, 5.41) is 4.00. The minimum absolute atomic E-state index is 0.0541. The summed E-state index contributed by atoms with van der Waals surface area (Å²) in [6, 6.07) is 12.9. The SMILES string of the molecule is O=C(C=Cc1ccc2c(c1)OCO2)OCCNC(=O)c1sc2ccccc2c1Cl. The van der Waals surface area contributed by atoms with Crippen molar-refractivity contribution in [3.8, 4) is 11.5 Å². The molecule has 0 atom stereocenters. The van der Waals surface area contributed by atoms with Gasteiger partial charge >= 0.3 is 5.97 Å². The number of hydrogen-bond donors (Lipinski definition) is 1. The molecule has 0 saturated carbocycles. The standard InChI is InChI=1S/C21H16ClNO5S/c22-19-14-3-1-2-4-17(14)29-20(19)21(25)23-9-10-26-18(24)8-6-13-5-7-15-16(11-13)28-12-27-15/h1-8,11H,9-10,12H2,(H,23,25). The molecule has 1 aromatic heterocycles. The topological polar surface area (TPSA) is 73.9 Å². The molecule has 1 aliphatic rings. The Hall–Kier alpha value is -3.03. The van der Waals surface area contributed by atoms with Crippen LogP contribution in [-0.2, 0) is 9.53 Å². The summed E-state index contributed by atoms with van der Waals surface area (Å²) in [5.41, 5.74) is 0.791. The molecule has 0 unspecified atom stereocenters. The average Bonchev–Trinajstić information content (AvgIpc) is 3.34. The van der Waals surface area contributed by atoms with E-state index in [-0.39, 0.29) is 25.9 Å². The number of esters is 1. The van der Waals surface area contributed by atoms with Crippen molar-refractivity contribution in [2.45, 2.75) is 0 Å². The fraction of sp³-hybridized carbons (Fsp3) is 0.143. The number of rotatable bonds is 6. The highest BCUT2D eigenvalue weighted by Crippen LogP contribution is 2.35. The fourth-order valence-electron chi connectivity index (χ4n) is 2.79. The maximum absolute atomic E-state index is 12.3. The third-order valence-corrected chi connectivity index (χ3v) is 5.86. The van der Waals surface area contributed by atoms with Crippen LogP contribution in [0, 0.1) is 0 Å². The molecule has 148 valence electrons. The third kappa shape index (κ3) is 4.36. The smallest absolute Gasteiger partial charge is 0.330 e. The van der Waals surface area contributed by atoms with Crippen LogP contribution in [0.2, 0.25) is 5.02 Å². The van der Waals surface area contributed by atoms with E-state index >= 15 is 0 Å². The van der Waals surface area contributed by atoms with E-state index in [1.165, 1.54) is 17.4 Å². The van der Waals surface area contributed by atoms with Gasteiger partial charge in [-0.15, -0.1) is 11.3 Å².